The molecule has 0 unspecified atom stereocenters. The lowest BCUT2D eigenvalue weighted by atomic mass is 10.0. The Hall–Kier alpha value is -3.02. The van der Waals surface area contributed by atoms with E-state index in [0.717, 1.165) is 23.1 Å². The van der Waals surface area contributed by atoms with Gasteiger partial charge in [-0.3, -0.25) is 9.59 Å². The summed E-state index contributed by atoms with van der Waals surface area (Å²) in [5.41, 5.74) is 2.52. The molecule has 184 valence electrons. The van der Waals surface area contributed by atoms with Gasteiger partial charge in [-0.25, -0.2) is 0 Å². The van der Waals surface area contributed by atoms with Crippen molar-refractivity contribution in [1.82, 2.24) is 10.2 Å². The molecule has 0 aliphatic heterocycles. The molecule has 3 rings (SSSR count). The summed E-state index contributed by atoms with van der Waals surface area (Å²) in [5.74, 6) is 0.351. The summed E-state index contributed by atoms with van der Waals surface area (Å²) in [7, 11) is 1.60. The largest absolute Gasteiger partial charge is 0.497 e. The van der Waals surface area contributed by atoms with Crippen LogP contribution < -0.4 is 10.1 Å². The first-order chi connectivity index (χ1) is 16.9. The van der Waals surface area contributed by atoms with Crippen LogP contribution in [0.3, 0.4) is 0 Å². The molecule has 0 saturated carbocycles. The van der Waals surface area contributed by atoms with Crippen molar-refractivity contribution < 1.29 is 14.3 Å². The zero-order valence-electron chi connectivity index (χ0n) is 20.0. The lowest BCUT2D eigenvalue weighted by Gasteiger charge is -2.32. The van der Waals surface area contributed by atoms with Gasteiger partial charge in [-0.1, -0.05) is 78.7 Å². The van der Waals surface area contributed by atoms with Gasteiger partial charge in [-0.15, -0.1) is 0 Å². The monoisotopic (exact) mass is 512 g/mol. The SMILES string of the molecule is CCCNC(=O)[C@H](Cc1ccccc1)N(Cc1ccc(Cl)cc1Cl)C(=O)Cc1ccc(OC)cc1. The number of ether oxygens (including phenoxy) is 1. The molecule has 3 aromatic rings. The van der Waals surface area contributed by atoms with Crippen LogP contribution in [-0.4, -0.2) is 36.4 Å². The van der Waals surface area contributed by atoms with Gasteiger partial charge < -0.3 is 15.0 Å². The second-order valence-electron chi connectivity index (χ2n) is 8.28. The number of carbonyl (C=O) groups is 2. The molecule has 0 aromatic heterocycles. The van der Waals surface area contributed by atoms with Crippen LogP contribution in [0.1, 0.15) is 30.0 Å². The lowest BCUT2D eigenvalue weighted by Crippen LogP contribution is -2.51. The molecule has 35 heavy (non-hydrogen) atoms. The molecule has 5 nitrogen and oxygen atoms in total. The first-order valence-corrected chi connectivity index (χ1v) is 12.3. The molecule has 3 aromatic carbocycles. The maximum Gasteiger partial charge on any atom is 0.243 e. The minimum Gasteiger partial charge on any atom is -0.497 e. The fourth-order valence-corrected chi connectivity index (χ4v) is 4.24. The number of carbonyl (C=O) groups excluding carboxylic acids is 2. The van der Waals surface area contributed by atoms with Crippen LogP contribution in [-0.2, 0) is 29.0 Å². The smallest absolute Gasteiger partial charge is 0.243 e. The van der Waals surface area contributed by atoms with E-state index in [1.807, 2.05) is 61.5 Å². The third kappa shape index (κ3) is 7.74. The fourth-order valence-electron chi connectivity index (χ4n) is 3.77. The van der Waals surface area contributed by atoms with E-state index in [9.17, 15) is 9.59 Å². The molecule has 0 heterocycles. The Bertz CT molecular complexity index is 1120. The Kier molecular flexibility index (Phi) is 10.0. The van der Waals surface area contributed by atoms with Crippen molar-refractivity contribution in [2.24, 2.45) is 0 Å². The zero-order valence-corrected chi connectivity index (χ0v) is 21.5. The van der Waals surface area contributed by atoms with Crippen LogP contribution in [0.2, 0.25) is 10.0 Å². The summed E-state index contributed by atoms with van der Waals surface area (Å²) >= 11 is 12.5. The highest BCUT2D eigenvalue weighted by molar-refractivity contribution is 6.35. The van der Waals surface area contributed by atoms with Crippen molar-refractivity contribution in [2.75, 3.05) is 13.7 Å². The zero-order chi connectivity index (χ0) is 25.2. The van der Waals surface area contributed by atoms with Gasteiger partial charge >= 0.3 is 0 Å². The molecule has 0 aliphatic carbocycles. The maximum absolute atomic E-state index is 13.7. The van der Waals surface area contributed by atoms with Crippen LogP contribution in [0, 0.1) is 0 Å². The predicted octanol–water partition coefficient (Wildman–Crippen LogP) is 5.71. The van der Waals surface area contributed by atoms with Gasteiger partial charge in [0.1, 0.15) is 11.8 Å². The number of methoxy groups -OCH3 is 1. The van der Waals surface area contributed by atoms with Gasteiger partial charge in [0.25, 0.3) is 0 Å². The molecule has 0 aliphatic rings. The minimum atomic E-state index is -0.707. The normalized spacial score (nSPS) is 11.5. The topological polar surface area (TPSA) is 58.6 Å². The third-order valence-electron chi connectivity index (χ3n) is 5.69. The average molecular weight is 513 g/mol. The number of hydrogen-bond acceptors (Lipinski definition) is 3. The van der Waals surface area contributed by atoms with Gasteiger partial charge in [-0.05, 0) is 47.4 Å². The van der Waals surface area contributed by atoms with Crippen molar-refractivity contribution in [1.29, 1.82) is 0 Å². The molecule has 0 bridgehead atoms. The molecule has 0 radical (unpaired) electrons. The Morgan fingerprint density at radius 2 is 1.69 bits per heavy atom. The number of benzene rings is 3. The quantitative estimate of drug-likeness (QED) is 0.357. The van der Waals surface area contributed by atoms with Crippen molar-refractivity contribution in [2.45, 2.75) is 38.8 Å². The highest BCUT2D eigenvalue weighted by Crippen LogP contribution is 2.25. The van der Waals surface area contributed by atoms with E-state index in [2.05, 4.69) is 5.32 Å². The number of amides is 2. The molecular formula is C28H30Cl2N2O3. The molecular weight excluding hydrogens is 483 g/mol. The van der Waals surface area contributed by atoms with E-state index in [1.165, 1.54) is 0 Å². The van der Waals surface area contributed by atoms with Gasteiger partial charge in [-0.2, -0.15) is 0 Å². The maximum atomic E-state index is 13.7. The average Bonchev–Trinajstić information content (AvgIpc) is 2.86. The van der Waals surface area contributed by atoms with Crippen LogP contribution in [0.5, 0.6) is 5.75 Å². The van der Waals surface area contributed by atoms with Gasteiger partial charge in [0.15, 0.2) is 0 Å². The second kappa shape index (κ2) is 13.2. The number of halogens is 2. The first kappa shape index (κ1) is 26.6. The summed E-state index contributed by atoms with van der Waals surface area (Å²) in [6.07, 6.45) is 1.32. The number of hydrogen-bond donors (Lipinski definition) is 1. The van der Waals surface area contributed by atoms with E-state index in [0.29, 0.717) is 28.8 Å². The van der Waals surface area contributed by atoms with E-state index < -0.39 is 6.04 Å². The van der Waals surface area contributed by atoms with Crippen LogP contribution in [0.15, 0.2) is 72.8 Å². The van der Waals surface area contributed by atoms with Crippen LogP contribution in [0.4, 0.5) is 0 Å². The van der Waals surface area contributed by atoms with Crippen LogP contribution >= 0.6 is 23.2 Å². The molecule has 0 spiro atoms. The summed E-state index contributed by atoms with van der Waals surface area (Å²) in [4.78, 5) is 28.7. The van der Waals surface area contributed by atoms with Crippen molar-refractivity contribution in [3.8, 4) is 5.75 Å². The van der Waals surface area contributed by atoms with Crippen molar-refractivity contribution >= 4 is 35.0 Å². The third-order valence-corrected chi connectivity index (χ3v) is 6.28. The number of nitrogens with zero attached hydrogens (tertiary/aromatic N) is 1. The summed E-state index contributed by atoms with van der Waals surface area (Å²) < 4.78 is 5.22. The summed E-state index contributed by atoms with van der Waals surface area (Å²) in [6.45, 7) is 2.71. The molecule has 0 saturated heterocycles. The predicted molar refractivity (Wildman–Crippen MR) is 141 cm³/mol. The number of nitrogens with one attached hydrogen (secondary N) is 1. The van der Waals surface area contributed by atoms with Crippen LogP contribution in [0.25, 0.3) is 0 Å². The Balaban J connectivity index is 1.96. The molecule has 0 fully saturated rings. The number of rotatable bonds is 11. The van der Waals surface area contributed by atoms with E-state index in [-0.39, 0.29) is 24.8 Å². The molecule has 1 N–H and O–H groups in total. The molecule has 7 heteroatoms. The van der Waals surface area contributed by atoms with Crippen molar-refractivity contribution in [3.05, 3.63) is 99.5 Å². The highest BCUT2D eigenvalue weighted by Gasteiger charge is 2.30. The van der Waals surface area contributed by atoms with Gasteiger partial charge in [0, 0.05) is 29.6 Å². The minimum absolute atomic E-state index is 0.140. The van der Waals surface area contributed by atoms with Gasteiger partial charge in [0.05, 0.1) is 13.5 Å². The summed E-state index contributed by atoms with van der Waals surface area (Å²) in [6, 6.07) is 21.5. The highest BCUT2D eigenvalue weighted by atomic mass is 35.5. The Morgan fingerprint density at radius 1 is 0.971 bits per heavy atom. The van der Waals surface area contributed by atoms with E-state index in [1.54, 1.807) is 30.2 Å². The Morgan fingerprint density at radius 3 is 2.31 bits per heavy atom. The molecule has 1 atom stereocenters. The van der Waals surface area contributed by atoms with E-state index >= 15 is 0 Å². The second-order valence-corrected chi connectivity index (χ2v) is 9.12. The first-order valence-electron chi connectivity index (χ1n) is 11.6. The molecule has 2 amide bonds. The Labute approximate surface area is 217 Å². The van der Waals surface area contributed by atoms with Gasteiger partial charge in [0.2, 0.25) is 11.8 Å². The van der Waals surface area contributed by atoms with E-state index in [4.69, 9.17) is 27.9 Å². The fraction of sp³-hybridized carbons (Fsp3) is 0.286. The summed E-state index contributed by atoms with van der Waals surface area (Å²) in [5, 5.41) is 3.93. The van der Waals surface area contributed by atoms with Crippen molar-refractivity contribution in [3.63, 3.8) is 0 Å². The standard InChI is InChI=1S/C28H30Cl2N2O3/c1-3-15-31-28(34)26(16-20-7-5-4-6-8-20)32(19-22-11-12-23(29)18-25(22)30)27(33)17-21-9-13-24(35-2)14-10-21/h4-14,18,26H,3,15-17,19H2,1-2H3,(H,31,34)/t26-/m0/s1. The lowest BCUT2D eigenvalue weighted by molar-refractivity contribution is -0.140.